The van der Waals surface area contributed by atoms with Crippen LogP contribution in [0.4, 0.5) is 5.00 Å². The van der Waals surface area contributed by atoms with Gasteiger partial charge in [0.2, 0.25) is 0 Å². The van der Waals surface area contributed by atoms with Crippen molar-refractivity contribution in [3.63, 3.8) is 0 Å². The second-order valence-electron chi connectivity index (χ2n) is 3.97. The molecule has 0 spiro atoms. The van der Waals surface area contributed by atoms with Gasteiger partial charge in [-0.15, -0.1) is 0 Å². The van der Waals surface area contributed by atoms with Crippen molar-refractivity contribution in [3.8, 4) is 0 Å². The summed E-state index contributed by atoms with van der Waals surface area (Å²) in [6, 6.07) is 8.28. The summed E-state index contributed by atoms with van der Waals surface area (Å²) >= 11 is 3.45. The Kier molecular flexibility index (Phi) is 4.07. The molecule has 1 N–H and O–H groups in total. The third-order valence-corrected chi connectivity index (χ3v) is 4.18. The van der Waals surface area contributed by atoms with Gasteiger partial charge in [-0.05, 0) is 41.6 Å². The summed E-state index contributed by atoms with van der Waals surface area (Å²) in [6.45, 7) is 3.29. The molecule has 0 aliphatic rings. The van der Waals surface area contributed by atoms with E-state index in [0.29, 0.717) is 5.92 Å². The van der Waals surface area contributed by atoms with Crippen LogP contribution in [0.2, 0.25) is 0 Å². The predicted octanol–water partition coefficient (Wildman–Crippen LogP) is 3.71. The Morgan fingerprint density at radius 3 is 3.06 bits per heavy atom. The summed E-state index contributed by atoms with van der Waals surface area (Å²) in [7, 11) is 0. The summed E-state index contributed by atoms with van der Waals surface area (Å²) in [5.74, 6) is 1.89. The molecule has 1 heterocycles. The van der Waals surface area contributed by atoms with Crippen molar-refractivity contribution in [1.29, 1.82) is 0 Å². The average Bonchev–Trinajstić information content (AvgIpc) is 2.70. The lowest BCUT2D eigenvalue weighted by molar-refractivity contribution is 0.703. The van der Waals surface area contributed by atoms with Gasteiger partial charge in [0.1, 0.15) is 5.00 Å². The molecule has 16 heavy (non-hydrogen) atoms. The summed E-state index contributed by atoms with van der Waals surface area (Å²) in [4.78, 5) is 0. The van der Waals surface area contributed by atoms with Gasteiger partial charge in [-0.2, -0.15) is 16.1 Å². The van der Waals surface area contributed by atoms with E-state index in [-0.39, 0.29) is 0 Å². The molecule has 0 radical (unpaired) electrons. The van der Waals surface area contributed by atoms with Crippen molar-refractivity contribution in [1.82, 2.24) is 4.37 Å². The summed E-state index contributed by atoms with van der Waals surface area (Å²) in [6.07, 6.45) is 2.15. The first-order valence-electron chi connectivity index (χ1n) is 5.38. The summed E-state index contributed by atoms with van der Waals surface area (Å²) < 4.78 is 4.42. The van der Waals surface area contributed by atoms with Gasteiger partial charge in [-0.25, -0.2) is 0 Å². The zero-order chi connectivity index (χ0) is 11.4. The fourth-order valence-corrected chi connectivity index (χ4v) is 3.08. The van der Waals surface area contributed by atoms with E-state index in [4.69, 9.17) is 0 Å². The average molecular weight is 252 g/mol. The molecule has 2 aromatic rings. The maximum Gasteiger partial charge on any atom is 0.117 e. The molecule has 2 rings (SSSR count). The number of anilines is 1. The highest BCUT2D eigenvalue weighted by atomic mass is 32.2. The number of fused-ring (bicyclic) bond motifs is 1. The Balaban J connectivity index is 2.04. The highest BCUT2D eigenvalue weighted by Crippen LogP contribution is 2.27. The maximum atomic E-state index is 4.42. The molecule has 0 aliphatic heterocycles. The van der Waals surface area contributed by atoms with Crippen LogP contribution in [0, 0.1) is 5.92 Å². The van der Waals surface area contributed by atoms with Crippen LogP contribution >= 0.6 is 23.3 Å². The van der Waals surface area contributed by atoms with E-state index in [2.05, 4.69) is 41.1 Å². The first kappa shape index (κ1) is 11.7. The van der Waals surface area contributed by atoms with Crippen LogP contribution in [0.15, 0.2) is 24.3 Å². The van der Waals surface area contributed by atoms with Crippen LogP contribution in [0.25, 0.3) is 10.9 Å². The largest absolute Gasteiger partial charge is 0.375 e. The third kappa shape index (κ3) is 2.68. The molecule has 0 amide bonds. The number of aromatic nitrogens is 1. The van der Waals surface area contributed by atoms with Crippen LogP contribution in [0.5, 0.6) is 0 Å². The van der Waals surface area contributed by atoms with E-state index in [1.165, 1.54) is 16.1 Å². The van der Waals surface area contributed by atoms with Crippen LogP contribution < -0.4 is 5.32 Å². The molecule has 1 aromatic heterocycles. The zero-order valence-corrected chi connectivity index (χ0v) is 11.2. The molecule has 1 atom stereocenters. The molecule has 0 aliphatic carbocycles. The standard InChI is InChI=1S/C12H16N2S2/c1-9(8-15-2)7-13-12-10-5-3-4-6-11(10)14-16-12/h3-6,9,13H,7-8H2,1-2H3. The maximum absolute atomic E-state index is 4.42. The third-order valence-electron chi connectivity index (χ3n) is 2.45. The first-order chi connectivity index (χ1) is 7.81. The minimum absolute atomic E-state index is 0.691. The molecule has 2 nitrogen and oxygen atoms in total. The van der Waals surface area contributed by atoms with E-state index < -0.39 is 0 Å². The van der Waals surface area contributed by atoms with Crippen molar-refractivity contribution >= 4 is 39.2 Å². The molecule has 4 heteroatoms. The van der Waals surface area contributed by atoms with Gasteiger partial charge in [0.15, 0.2) is 0 Å². The second kappa shape index (κ2) is 5.55. The van der Waals surface area contributed by atoms with E-state index in [9.17, 15) is 0 Å². The highest BCUT2D eigenvalue weighted by molar-refractivity contribution is 7.98. The molecule has 86 valence electrons. The topological polar surface area (TPSA) is 24.9 Å². The van der Waals surface area contributed by atoms with Crippen LogP contribution in [-0.2, 0) is 0 Å². The summed E-state index contributed by atoms with van der Waals surface area (Å²) in [5.41, 5.74) is 1.09. The number of nitrogens with zero attached hydrogens (tertiary/aromatic N) is 1. The van der Waals surface area contributed by atoms with Gasteiger partial charge in [0, 0.05) is 11.9 Å². The molecule has 0 bridgehead atoms. The van der Waals surface area contributed by atoms with E-state index in [1.807, 2.05) is 17.8 Å². The Labute approximate surface area is 105 Å². The van der Waals surface area contributed by atoms with Crippen molar-refractivity contribution < 1.29 is 0 Å². The summed E-state index contributed by atoms with van der Waals surface area (Å²) in [5, 5.41) is 5.93. The van der Waals surface area contributed by atoms with Crippen molar-refractivity contribution in [2.24, 2.45) is 5.92 Å². The number of benzene rings is 1. The van der Waals surface area contributed by atoms with Gasteiger partial charge >= 0.3 is 0 Å². The molecule has 1 aromatic carbocycles. The molecular weight excluding hydrogens is 236 g/mol. The van der Waals surface area contributed by atoms with Gasteiger partial charge < -0.3 is 5.32 Å². The molecule has 0 saturated carbocycles. The van der Waals surface area contributed by atoms with Gasteiger partial charge in [-0.3, -0.25) is 0 Å². The lowest BCUT2D eigenvalue weighted by atomic mass is 10.2. The van der Waals surface area contributed by atoms with Crippen molar-refractivity contribution in [3.05, 3.63) is 24.3 Å². The molecule has 0 saturated heterocycles. The molecule has 0 fully saturated rings. The Hall–Kier alpha value is -0.740. The smallest absolute Gasteiger partial charge is 0.117 e. The predicted molar refractivity (Wildman–Crippen MR) is 75.7 cm³/mol. The number of thioether (sulfide) groups is 1. The number of hydrogen-bond donors (Lipinski definition) is 1. The normalized spacial score (nSPS) is 12.9. The van der Waals surface area contributed by atoms with Gasteiger partial charge in [0.05, 0.1) is 5.52 Å². The van der Waals surface area contributed by atoms with E-state index in [1.54, 1.807) is 11.5 Å². The quantitative estimate of drug-likeness (QED) is 0.878. The Morgan fingerprint density at radius 1 is 1.44 bits per heavy atom. The lowest BCUT2D eigenvalue weighted by Gasteiger charge is -2.10. The minimum atomic E-state index is 0.691. The lowest BCUT2D eigenvalue weighted by Crippen LogP contribution is -2.12. The van der Waals surface area contributed by atoms with Gasteiger partial charge in [0.25, 0.3) is 0 Å². The van der Waals surface area contributed by atoms with Crippen LogP contribution in [-0.4, -0.2) is 22.9 Å². The SMILES string of the molecule is CSCC(C)CNc1snc2ccccc12. The van der Waals surface area contributed by atoms with Crippen molar-refractivity contribution in [2.45, 2.75) is 6.92 Å². The van der Waals surface area contributed by atoms with Crippen molar-refractivity contribution in [2.75, 3.05) is 23.9 Å². The van der Waals surface area contributed by atoms with E-state index in [0.717, 1.165) is 12.1 Å². The van der Waals surface area contributed by atoms with E-state index >= 15 is 0 Å². The highest BCUT2D eigenvalue weighted by Gasteiger charge is 2.06. The number of nitrogens with one attached hydrogen (secondary N) is 1. The number of hydrogen-bond acceptors (Lipinski definition) is 4. The number of rotatable bonds is 5. The van der Waals surface area contributed by atoms with Crippen LogP contribution in [0.3, 0.4) is 0 Å². The second-order valence-corrected chi connectivity index (χ2v) is 5.65. The Bertz CT molecular complexity index is 453. The Morgan fingerprint density at radius 2 is 2.25 bits per heavy atom. The molecular formula is C12H16N2S2. The zero-order valence-electron chi connectivity index (χ0n) is 9.56. The minimum Gasteiger partial charge on any atom is -0.375 e. The first-order valence-corrected chi connectivity index (χ1v) is 7.55. The van der Waals surface area contributed by atoms with Crippen LogP contribution in [0.1, 0.15) is 6.92 Å². The van der Waals surface area contributed by atoms with Gasteiger partial charge in [-0.1, -0.05) is 19.1 Å². The monoisotopic (exact) mass is 252 g/mol. The fourth-order valence-electron chi connectivity index (χ4n) is 1.63. The fraction of sp³-hybridized carbons (Fsp3) is 0.417. The molecule has 1 unspecified atom stereocenters.